The number of aromatic carboxylic acids is 1. The predicted molar refractivity (Wildman–Crippen MR) is 134 cm³/mol. The molecule has 0 atom stereocenters. The lowest BCUT2D eigenvalue weighted by Crippen LogP contribution is -2.18. The van der Waals surface area contributed by atoms with Gasteiger partial charge in [0.2, 0.25) is 11.8 Å². The maximum absolute atomic E-state index is 12.6. The highest BCUT2D eigenvalue weighted by molar-refractivity contribution is 7.99. The Balaban J connectivity index is 1.62. The van der Waals surface area contributed by atoms with Crippen LogP contribution in [0, 0.1) is 0 Å². The van der Waals surface area contributed by atoms with Crippen LogP contribution in [0.2, 0.25) is 0 Å². The average Bonchev–Trinajstić information content (AvgIpc) is 3.19. The smallest absolute Gasteiger partial charge is 0.335 e. The highest BCUT2D eigenvalue weighted by atomic mass is 32.2. The number of amides is 2. The fourth-order valence-corrected chi connectivity index (χ4v) is 4.20. The van der Waals surface area contributed by atoms with Crippen LogP contribution < -0.4 is 10.6 Å². The topological polar surface area (TPSA) is 126 Å². The lowest BCUT2D eigenvalue weighted by atomic mass is 10.2. The molecule has 176 valence electrons. The van der Waals surface area contributed by atoms with E-state index in [-0.39, 0.29) is 29.6 Å². The zero-order valence-electron chi connectivity index (χ0n) is 18.4. The second-order valence-corrected chi connectivity index (χ2v) is 8.80. The molecule has 0 aliphatic heterocycles. The summed E-state index contributed by atoms with van der Waals surface area (Å²) in [5.41, 5.74) is 1.17. The van der Waals surface area contributed by atoms with Gasteiger partial charge in [-0.2, -0.15) is 0 Å². The SMILES string of the molecule is C=CCn1c(CC(=O)Nc2cccc(SC)c2)nnc1SCC(=O)Nc1cccc(C(=O)O)c1. The van der Waals surface area contributed by atoms with Gasteiger partial charge in [0.15, 0.2) is 5.16 Å². The zero-order chi connectivity index (χ0) is 24.5. The van der Waals surface area contributed by atoms with E-state index in [2.05, 4.69) is 27.4 Å². The van der Waals surface area contributed by atoms with Gasteiger partial charge >= 0.3 is 5.97 Å². The van der Waals surface area contributed by atoms with Crippen LogP contribution in [-0.2, 0) is 22.6 Å². The van der Waals surface area contributed by atoms with E-state index in [1.807, 2.05) is 30.5 Å². The van der Waals surface area contributed by atoms with Crippen molar-refractivity contribution in [3.63, 3.8) is 0 Å². The summed E-state index contributed by atoms with van der Waals surface area (Å²) in [5.74, 6) is -1.15. The van der Waals surface area contributed by atoms with Crippen molar-refractivity contribution < 1.29 is 19.5 Å². The van der Waals surface area contributed by atoms with Gasteiger partial charge in [0, 0.05) is 22.8 Å². The van der Waals surface area contributed by atoms with Crippen molar-refractivity contribution in [3.05, 3.63) is 72.6 Å². The molecule has 11 heteroatoms. The third-order valence-electron chi connectivity index (χ3n) is 4.50. The first-order chi connectivity index (χ1) is 16.4. The number of aromatic nitrogens is 3. The lowest BCUT2D eigenvalue weighted by Gasteiger charge is -2.09. The molecule has 0 aliphatic carbocycles. The summed E-state index contributed by atoms with van der Waals surface area (Å²) in [6, 6.07) is 13.5. The van der Waals surface area contributed by atoms with Gasteiger partial charge in [0.1, 0.15) is 5.82 Å². The standard InChI is InChI=1S/C23H23N5O4S2/c1-3-10-28-19(13-20(29)24-17-8-5-9-18(12-17)33-2)26-27-23(28)34-14-21(30)25-16-7-4-6-15(11-16)22(31)32/h3-9,11-12H,1,10,13-14H2,2H3,(H,24,29)(H,25,30)(H,31,32). The van der Waals surface area contributed by atoms with Crippen molar-refractivity contribution in [2.24, 2.45) is 0 Å². The molecule has 0 radical (unpaired) electrons. The predicted octanol–water partition coefficient (Wildman–Crippen LogP) is 3.80. The van der Waals surface area contributed by atoms with Crippen LogP contribution in [0.4, 0.5) is 11.4 Å². The molecule has 0 bridgehead atoms. The monoisotopic (exact) mass is 497 g/mol. The van der Waals surface area contributed by atoms with E-state index in [0.717, 1.165) is 16.7 Å². The molecule has 3 rings (SSSR count). The minimum atomic E-state index is -1.07. The third-order valence-corrected chi connectivity index (χ3v) is 6.20. The summed E-state index contributed by atoms with van der Waals surface area (Å²) in [4.78, 5) is 37.0. The van der Waals surface area contributed by atoms with Crippen LogP contribution in [-0.4, -0.2) is 49.7 Å². The molecule has 1 aromatic heterocycles. The van der Waals surface area contributed by atoms with Gasteiger partial charge in [-0.1, -0.05) is 30.0 Å². The molecule has 0 saturated carbocycles. The van der Waals surface area contributed by atoms with Crippen LogP contribution in [0.3, 0.4) is 0 Å². The fraction of sp³-hybridized carbons (Fsp3) is 0.174. The largest absolute Gasteiger partial charge is 0.478 e. The second kappa shape index (κ2) is 12.1. The van der Waals surface area contributed by atoms with Crippen LogP contribution >= 0.6 is 23.5 Å². The van der Waals surface area contributed by atoms with Crippen molar-refractivity contribution in [1.82, 2.24) is 14.8 Å². The number of carboxylic acids is 1. The quantitative estimate of drug-likeness (QED) is 0.270. The van der Waals surface area contributed by atoms with Crippen molar-refractivity contribution >= 4 is 52.7 Å². The van der Waals surface area contributed by atoms with Gasteiger partial charge in [-0.05, 0) is 42.7 Å². The number of hydrogen-bond donors (Lipinski definition) is 3. The number of carbonyl (C=O) groups excluding carboxylic acids is 2. The minimum absolute atomic E-state index is 0.0130. The van der Waals surface area contributed by atoms with Gasteiger partial charge < -0.3 is 20.3 Å². The van der Waals surface area contributed by atoms with Crippen molar-refractivity contribution in [1.29, 1.82) is 0 Å². The molecule has 3 aromatic rings. The number of nitrogens with zero attached hydrogens (tertiary/aromatic N) is 3. The molecule has 9 nitrogen and oxygen atoms in total. The molecule has 2 amide bonds. The number of rotatable bonds is 11. The summed E-state index contributed by atoms with van der Waals surface area (Å²) < 4.78 is 1.73. The molecular formula is C23H23N5O4S2. The fourth-order valence-electron chi connectivity index (χ4n) is 2.98. The minimum Gasteiger partial charge on any atom is -0.478 e. The van der Waals surface area contributed by atoms with E-state index in [4.69, 9.17) is 5.11 Å². The van der Waals surface area contributed by atoms with Crippen LogP contribution in [0.1, 0.15) is 16.2 Å². The Morgan fingerprint density at radius 1 is 1.06 bits per heavy atom. The maximum Gasteiger partial charge on any atom is 0.335 e. The van der Waals surface area contributed by atoms with Crippen molar-refractivity contribution in [2.45, 2.75) is 23.0 Å². The van der Waals surface area contributed by atoms with Gasteiger partial charge in [0.05, 0.1) is 17.7 Å². The molecule has 0 spiro atoms. The molecule has 0 fully saturated rings. The Morgan fingerprint density at radius 2 is 1.76 bits per heavy atom. The number of anilines is 2. The Hall–Kier alpha value is -3.57. The van der Waals surface area contributed by atoms with Crippen LogP contribution in [0.5, 0.6) is 0 Å². The number of thioether (sulfide) groups is 2. The summed E-state index contributed by atoms with van der Waals surface area (Å²) >= 11 is 2.75. The first-order valence-electron chi connectivity index (χ1n) is 10.1. The summed E-state index contributed by atoms with van der Waals surface area (Å²) in [6.45, 7) is 4.12. The number of carboxylic acid groups (broad SMARTS) is 1. The summed E-state index contributed by atoms with van der Waals surface area (Å²) in [6.07, 6.45) is 3.64. The molecular weight excluding hydrogens is 474 g/mol. The first kappa shape index (κ1) is 25.1. The van der Waals surface area contributed by atoms with E-state index in [1.165, 1.54) is 12.1 Å². The first-order valence-corrected chi connectivity index (χ1v) is 12.3. The number of carbonyl (C=O) groups is 3. The van der Waals surface area contributed by atoms with E-state index in [9.17, 15) is 14.4 Å². The number of hydrogen-bond acceptors (Lipinski definition) is 7. The second-order valence-electron chi connectivity index (χ2n) is 6.98. The van der Waals surface area contributed by atoms with Gasteiger partial charge in [-0.3, -0.25) is 9.59 Å². The molecule has 0 saturated heterocycles. The Kier molecular flexibility index (Phi) is 8.88. The molecule has 34 heavy (non-hydrogen) atoms. The lowest BCUT2D eigenvalue weighted by molar-refractivity contribution is -0.116. The van der Waals surface area contributed by atoms with E-state index < -0.39 is 5.97 Å². The molecule has 0 aliphatic rings. The number of allylic oxidation sites excluding steroid dienone is 1. The van der Waals surface area contributed by atoms with Crippen LogP contribution in [0.15, 0.2) is 71.2 Å². The molecule has 0 unspecified atom stereocenters. The van der Waals surface area contributed by atoms with E-state index in [1.54, 1.807) is 34.5 Å². The molecule has 1 heterocycles. The zero-order valence-corrected chi connectivity index (χ0v) is 20.0. The Labute approximate surface area is 205 Å². The highest BCUT2D eigenvalue weighted by Crippen LogP contribution is 2.21. The van der Waals surface area contributed by atoms with E-state index >= 15 is 0 Å². The van der Waals surface area contributed by atoms with Crippen LogP contribution in [0.25, 0.3) is 0 Å². The molecule has 2 aromatic carbocycles. The Bertz CT molecular complexity index is 1210. The third kappa shape index (κ3) is 6.96. The van der Waals surface area contributed by atoms with E-state index in [0.29, 0.717) is 28.9 Å². The normalized spacial score (nSPS) is 10.5. The number of benzene rings is 2. The van der Waals surface area contributed by atoms with Gasteiger partial charge in [-0.25, -0.2) is 4.79 Å². The summed E-state index contributed by atoms with van der Waals surface area (Å²) in [7, 11) is 0. The summed E-state index contributed by atoms with van der Waals surface area (Å²) in [5, 5.41) is 23.3. The van der Waals surface area contributed by atoms with Crippen molar-refractivity contribution in [3.8, 4) is 0 Å². The average molecular weight is 498 g/mol. The van der Waals surface area contributed by atoms with Gasteiger partial charge in [0.25, 0.3) is 0 Å². The highest BCUT2D eigenvalue weighted by Gasteiger charge is 2.17. The maximum atomic E-state index is 12.6. The Morgan fingerprint density at radius 3 is 2.47 bits per heavy atom. The van der Waals surface area contributed by atoms with Gasteiger partial charge in [-0.15, -0.1) is 28.5 Å². The molecule has 3 N–H and O–H groups in total. The number of nitrogens with one attached hydrogen (secondary N) is 2. The van der Waals surface area contributed by atoms with Crippen molar-refractivity contribution in [2.75, 3.05) is 22.6 Å².